The third-order valence-corrected chi connectivity index (χ3v) is 4.09. The third-order valence-electron chi connectivity index (χ3n) is 4.09. The molecule has 2 aliphatic rings. The van der Waals surface area contributed by atoms with Crippen LogP contribution in [0.4, 0.5) is 0 Å². The van der Waals surface area contributed by atoms with Crippen LogP contribution >= 0.6 is 0 Å². The molecule has 2 N–H and O–H groups in total. The molecule has 2 saturated carbocycles. The van der Waals surface area contributed by atoms with Crippen LogP contribution in [-0.4, -0.2) is 5.91 Å². The topological polar surface area (TPSA) is 43.1 Å². The van der Waals surface area contributed by atoms with Crippen molar-refractivity contribution in [1.82, 2.24) is 0 Å². The fourth-order valence-corrected chi connectivity index (χ4v) is 3.04. The summed E-state index contributed by atoms with van der Waals surface area (Å²) in [7, 11) is 0. The largest absolute Gasteiger partial charge is 0.369 e. The predicted octanol–water partition coefficient (Wildman–Crippen LogP) is 1.93. The molecule has 0 aromatic heterocycles. The Bertz CT molecular complexity index is 220. The predicted molar refractivity (Wildman–Crippen MR) is 51.9 cm³/mol. The summed E-state index contributed by atoms with van der Waals surface area (Å²) in [6.45, 7) is 4.59. The standard InChI is InChI=1S/C11H19NO/c1-7(2)8-3-11(4-8)5-9(6-11)10(12)13/h7-9H,3-6H2,1-2H3,(H2,12,13). The van der Waals surface area contributed by atoms with E-state index in [4.69, 9.17) is 5.73 Å². The highest BCUT2D eigenvalue weighted by molar-refractivity contribution is 5.77. The maximum absolute atomic E-state index is 10.8. The molecule has 74 valence electrons. The van der Waals surface area contributed by atoms with E-state index in [2.05, 4.69) is 13.8 Å². The summed E-state index contributed by atoms with van der Waals surface area (Å²) in [5.41, 5.74) is 5.80. The van der Waals surface area contributed by atoms with Crippen molar-refractivity contribution in [2.45, 2.75) is 39.5 Å². The van der Waals surface area contributed by atoms with Crippen LogP contribution in [0.15, 0.2) is 0 Å². The molecule has 2 aliphatic carbocycles. The molecule has 2 heteroatoms. The number of primary amides is 1. The van der Waals surface area contributed by atoms with E-state index in [9.17, 15) is 4.79 Å². The molecule has 0 aromatic carbocycles. The fourth-order valence-electron chi connectivity index (χ4n) is 3.04. The molecule has 0 heterocycles. The van der Waals surface area contributed by atoms with Gasteiger partial charge < -0.3 is 5.73 Å². The lowest BCUT2D eigenvalue weighted by Crippen LogP contribution is -2.52. The van der Waals surface area contributed by atoms with Crippen molar-refractivity contribution in [3.63, 3.8) is 0 Å². The first kappa shape index (κ1) is 9.04. The molecule has 0 aliphatic heterocycles. The van der Waals surface area contributed by atoms with Gasteiger partial charge in [-0.3, -0.25) is 4.79 Å². The highest BCUT2D eigenvalue weighted by atomic mass is 16.1. The average molecular weight is 181 g/mol. The highest BCUT2D eigenvalue weighted by Gasteiger charge is 2.54. The van der Waals surface area contributed by atoms with Gasteiger partial charge in [0.1, 0.15) is 0 Å². The van der Waals surface area contributed by atoms with Crippen LogP contribution in [0.25, 0.3) is 0 Å². The van der Waals surface area contributed by atoms with Crippen molar-refractivity contribution in [2.24, 2.45) is 28.9 Å². The van der Waals surface area contributed by atoms with Crippen molar-refractivity contribution in [2.75, 3.05) is 0 Å². The van der Waals surface area contributed by atoms with Crippen LogP contribution in [0.3, 0.4) is 0 Å². The fraction of sp³-hybridized carbons (Fsp3) is 0.909. The maximum Gasteiger partial charge on any atom is 0.220 e. The molecule has 0 bridgehead atoms. The Morgan fingerprint density at radius 2 is 1.85 bits per heavy atom. The van der Waals surface area contributed by atoms with E-state index in [-0.39, 0.29) is 11.8 Å². The number of hydrogen-bond acceptors (Lipinski definition) is 1. The zero-order valence-electron chi connectivity index (χ0n) is 8.55. The van der Waals surface area contributed by atoms with Crippen molar-refractivity contribution in [3.05, 3.63) is 0 Å². The number of nitrogens with two attached hydrogens (primary N) is 1. The molecule has 0 unspecified atom stereocenters. The minimum atomic E-state index is -0.0846. The Labute approximate surface area is 79.9 Å². The van der Waals surface area contributed by atoms with Crippen molar-refractivity contribution in [1.29, 1.82) is 0 Å². The van der Waals surface area contributed by atoms with E-state index < -0.39 is 0 Å². The minimum Gasteiger partial charge on any atom is -0.369 e. The SMILES string of the molecule is CC(C)C1CC2(CC(C(N)=O)C2)C1. The van der Waals surface area contributed by atoms with Crippen LogP contribution in [0.1, 0.15) is 39.5 Å². The number of rotatable bonds is 2. The van der Waals surface area contributed by atoms with E-state index in [0.717, 1.165) is 24.7 Å². The van der Waals surface area contributed by atoms with Crippen molar-refractivity contribution in [3.8, 4) is 0 Å². The zero-order valence-corrected chi connectivity index (χ0v) is 8.55. The van der Waals surface area contributed by atoms with Crippen molar-refractivity contribution >= 4 is 5.91 Å². The van der Waals surface area contributed by atoms with E-state index in [1.807, 2.05) is 0 Å². The molecule has 1 spiro atoms. The first-order valence-electron chi connectivity index (χ1n) is 5.32. The normalized spacial score (nSPS) is 43.0. The first-order valence-corrected chi connectivity index (χ1v) is 5.32. The van der Waals surface area contributed by atoms with Gasteiger partial charge in [-0.25, -0.2) is 0 Å². The summed E-state index contributed by atoms with van der Waals surface area (Å²) in [5.74, 6) is 1.85. The van der Waals surface area contributed by atoms with Crippen LogP contribution in [-0.2, 0) is 4.79 Å². The number of carbonyl (C=O) groups is 1. The van der Waals surface area contributed by atoms with Crippen LogP contribution in [0.2, 0.25) is 0 Å². The van der Waals surface area contributed by atoms with Gasteiger partial charge in [0.15, 0.2) is 0 Å². The van der Waals surface area contributed by atoms with Gasteiger partial charge in [0.2, 0.25) is 5.91 Å². The average Bonchev–Trinajstić information content (AvgIpc) is 1.78. The molecule has 0 radical (unpaired) electrons. The summed E-state index contributed by atoms with van der Waals surface area (Å²) in [6.07, 6.45) is 4.83. The second-order valence-electron chi connectivity index (χ2n) is 5.42. The summed E-state index contributed by atoms with van der Waals surface area (Å²) in [5, 5.41) is 0. The van der Waals surface area contributed by atoms with Crippen LogP contribution in [0.5, 0.6) is 0 Å². The van der Waals surface area contributed by atoms with Gasteiger partial charge in [-0.1, -0.05) is 13.8 Å². The molecule has 0 saturated heterocycles. The lowest BCUT2D eigenvalue weighted by Gasteiger charge is -2.58. The van der Waals surface area contributed by atoms with E-state index in [0.29, 0.717) is 5.41 Å². The molecule has 13 heavy (non-hydrogen) atoms. The molecule has 0 aromatic rings. The molecule has 2 rings (SSSR count). The van der Waals surface area contributed by atoms with E-state index in [1.165, 1.54) is 12.8 Å². The van der Waals surface area contributed by atoms with E-state index >= 15 is 0 Å². The quantitative estimate of drug-likeness (QED) is 0.695. The molecule has 1 amide bonds. The number of hydrogen-bond donors (Lipinski definition) is 1. The van der Waals surface area contributed by atoms with Gasteiger partial charge in [0.25, 0.3) is 0 Å². The summed E-state index contributed by atoms with van der Waals surface area (Å²) < 4.78 is 0. The molecule has 0 atom stereocenters. The summed E-state index contributed by atoms with van der Waals surface area (Å²) >= 11 is 0. The van der Waals surface area contributed by atoms with Gasteiger partial charge in [-0.2, -0.15) is 0 Å². The Kier molecular flexibility index (Phi) is 1.90. The number of amides is 1. The zero-order chi connectivity index (χ0) is 9.64. The summed E-state index contributed by atoms with van der Waals surface area (Å²) in [4.78, 5) is 10.8. The summed E-state index contributed by atoms with van der Waals surface area (Å²) in [6, 6.07) is 0. The maximum atomic E-state index is 10.8. The minimum absolute atomic E-state index is 0.0846. The third kappa shape index (κ3) is 1.36. The van der Waals surface area contributed by atoms with Gasteiger partial charge >= 0.3 is 0 Å². The number of carbonyl (C=O) groups excluding carboxylic acids is 1. The highest BCUT2D eigenvalue weighted by Crippen LogP contribution is 2.62. The lowest BCUT2D eigenvalue weighted by molar-refractivity contribution is -0.139. The Balaban J connectivity index is 1.79. The van der Waals surface area contributed by atoms with Gasteiger partial charge in [-0.05, 0) is 42.9 Å². The van der Waals surface area contributed by atoms with Crippen molar-refractivity contribution < 1.29 is 4.79 Å². The second-order valence-corrected chi connectivity index (χ2v) is 5.42. The van der Waals surface area contributed by atoms with Crippen LogP contribution in [0, 0.1) is 23.2 Å². The Morgan fingerprint density at radius 3 is 2.23 bits per heavy atom. The Hall–Kier alpha value is -0.530. The molecule has 2 nitrogen and oxygen atoms in total. The van der Waals surface area contributed by atoms with E-state index in [1.54, 1.807) is 0 Å². The lowest BCUT2D eigenvalue weighted by atomic mass is 9.46. The Morgan fingerprint density at radius 1 is 1.31 bits per heavy atom. The van der Waals surface area contributed by atoms with Gasteiger partial charge in [0.05, 0.1) is 0 Å². The molecular formula is C11H19NO. The van der Waals surface area contributed by atoms with Crippen LogP contribution < -0.4 is 5.73 Å². The van der Waals surface area contributed by atoms with Gasteiger partial charge in [-0.15, -0.1) is 0 Å². The first-order chi connectivity index (χ1) is 6.02. The van der Waals surface area contributed by atoms with Gasteiger partial charge in [0, 0.05) is 5.92 Å². The molecule has 2 fully saturated rings. The monoisotopic (exact) mass is 181 g/mol. The second kappa shape index (κ2) is 2.73. The smallest absolute Gasteiger partial charge is 0.220 e. The molecular weight excluding hydrogens is 162 g/mol.